The van der Waals surface area contributed by atoms with Crippen molar-refractivity contribution in [3.8, 4) is 0 Å². The van der Waals surface area contributed by atoms with E-state index >= 15 is 0 Å². The molecule has 3 rings (SSSR count). The molecule has 0 amide bonds. The van der Waals surface area contributed by atoms with Crippen molar-refractivity contribution in [3.63, 3.8) is 0 Å². The maximum absolute atomic E-state index is 12.8. The average molecular weight is 632 g/mol. The standard InChI is InChI=1S/C15H19N6O14P3S/c16-11-1-3-21(15(23)19-11)12-5-9(33-14(22)13-8(2-4-39-13)6-18-20-17)10(32-12)7-31-37(27,28)35-38(29,30)34-36(24,25)26/h1-4,9-10,12H,5-7H2,(H,27,28)(H,29,30)(H2,16,19,23)(H2,24,25,26)/t9?,10-,12-/m1/s1. The second-order valence-electron chi connectivity index (χ2n) is 7.40. The van der Waals surface area contributed by atoms with Crippen LogP contribution in [0.15, 0.2) is 33.6 Å². The van der Waals surface area contributed by atoms with Crippen molar-refractivity contribution in [3.05, 3.63) is 55.1 Å². The molecular formula is C15H19N6O14P3S. The Morgan fingerprint density at radius 3 is 2.62 bits per heavy atom. The minimum Gasteiger partial charge on any atom is -0.455 e. The van der Waals surface area contributed by atoms with Crippen LogP contribution in [-0.4, -0.2) is 53.9 Å². The first-order chi connectivity index (χ1) is 18.1. The molecular weight excluding hydrogens is 613 g/mol. The normalized spacial score (nSPS) is 22.4. The first-order valence-corrected chi connectivity index (χ1v) is 15.6. The summed E-state index contributed by atoms with van der Waals surface area (Å²) in [5.41, 5.74) is 13.5. The molecule has 2 aromatic heterocycles. The maximum Gasteiger partial charge on any atom is 0.490 e. The molecule has 24 heteroatoms. The summed E-state index contributed by atoms with van der Waals surface area (Å²) < 4.78 is 58.5. The number of ether oxygens (including phenoxy) is 2. The number of hydrogen-bond donors (Lipinski definition) is 5. The van der Waals surface area contributed by atoms with E-state index in [4.69, 9.17) is 30.5 Å². The predicted molar refractivity (Wildman–Crippen MR) is 128 cm³/mol. The van der Waals surface area contributed by atoms with Gasteiger partial charge >= 0.3 is 35.1 Å². The maximum atomic E-state index is 12.8. The fourth-order valence-corrected chi connectivity index (χ4v) is 7.03. The van der Waals surface area contributed by atoms with Crippen molar-refractivity contribution >= 4 is 46.6 Å². The number of rotatable bonds is 12. The van der Waals surface area contributed by atoms with Crippen molar-refractivity contribution in [1.82, 2.24) is 9.55 Å². The number of nitrogens with zero attached hydrogens (tertiary/aromatic N) is 5. The molecule has 214 valence electrons. The highest BCUT2D eigenvalue weighted by molar-refractivity contribution is 7.66. The van der Waals surface area contributed by atoms with Crippen LogP contribution in [0.1, 0.15) is 27.9 Å². The molecule has 0 bridgehead atoms. The van der Waals surface area contributed by atoms with Crippen LogP contribution in [0.4, 0.5) is 5.82 Å². The van der Waals surface area contributed by atoms with Gasteiger partial charge in [0.2, 0.25) is 0 Å². The number of anilines is 1. The van der Waals surface area contributed by atoms with E-state index in [1.54, 1.807) is 5.38 Å². The summed E-state index contributed by atoms with van der Waals surface area (Å²) in [6.07, 6.45) is -2.78. The number of thiophene rings is 1. The highest BCUT2D eigenvalue weighted by Crippen LogP contribution is 2.66. The van der Waals surface area contributed by atoms with Gasteiger partial charge in [0.15, 0.2) is 0 Å². The fourth-order valence-electron chi connectivity index (χ4n) is 3.20. The van der Waals surface area contributed by atoms with E-state index in [1.165, 1.54) is 18.3 Å². The number of carbonyl (C=O) groups is 1. The number of esters is 1. The molecule has 5 atom stereocenters. The third-order valence-electron chi connectivity index (χ3n) is 4.66. The third kappa shape index (κ3) is 9.02. The highest BCUT2D eigenvalue weighted by Gasteiger charge is 2.44. The van der Waals surface area contributed by atoms with Crippen molar-refractivity contribution in [2.24, 2.45) is 5.11 Å². The highest BCUT2D eigenvalue weighted by atomic mass is 32.1. The predicted octanol–water partition coefficient (Wildman–Crippen LogP) is 1.55. The molecule has 1 aliphatic rings. The number of aromatic nitrogens is 2. The first kappa shape index (κ1) is 31.1. The fraction of sp³-hybridized carbons (Fsp3) is 0.400. The Bertz CT molecular complexity index is 1470. The van der Waals surface area contributed by atoms with Gasteiger partial charge in [-0.05, 0) is 28.6 Å². The van der Waals surface area contributed by atoms with Gasteiger partial charge in [-0.15, -0.1) is 11.3 Å². The van der Waals surface area contributed by atoms with E-state index in [0.29, 0.717) is 5.56 Å². The molecule has 1 fully saturated rings. The van der Waals surface area contributed by atoms with Crippen LogP contribution >= 0.6 is 34.8 Å². The minimum atomic E-state index is -5.78. The molecule has 1 saturated heterocycles. The van der Waals surface area contributed by atoms with E-state index in [9.17, 15) is 33.1 Å². The molecule has 20 nitrogen and oxygen atoms in total. The van der Waals surface area contributed by atoms with E-state index in [0.717, 1.165) is 15.9 Å². The SMILES string of the molecule is [N-]=[N+]=NCc1ccsc1C(=O)OC1C[C@H](n2ccc(N)nc2=O)O[C@@H]1COP(=O)(O)OP(=O)(O)OP(=O)(O)O. The summed E-state index contributed by atoms with van der Waals surface area (Å²) in [5.74, 6) is -0.986. The molecule has 0 radical (unpaired) electrons. The van der Waals surface area contributed by atoms with Crippen LogP contribution in [-0.2, 0) is 42.9 Å². The van der Waals surface area contributed by atoms with Gasteiger partial charge in [0.05, 0.1) is 13.2 Å². The van der Waals surface area contributed by atoms with Gasteiger partial charge in [0.1, 0.15) is 29.1 Å². The quantitative estimate of drug-likeness (QED) is 0.0728. The lowest BCUT2D eigenvalue weighted by Gasteiger charge is -2.21. The zero-order chi connectivity index (χ0) is 29.0. The van der Waals surface area contributed by atoms with Crippen molar-refractivity contribution in [1.29, 1.82) is 0 Å². The zero-order valence-corrected chi connectivity index (χ0v) is 22.6. The number of nitrogens with two attached hydrogens (primary N) is 1. The van der Waals surface area contributed by atoms with Crippen molar-refractivity contribution in [2.45, 2.75) is 31.4 Å². The molecule has 0 aliphatic carbocycles. The number of nitrogen functional groups attached to an aromatic ring is 1. The summed E-state index contributed by atoms with van der Waals surface area (Å²) in [5, 5.41) is 4.93. The monoisotopic (exact) mass is 632 g/mol. The van der Waals surface area contributed by atoms with Gasteiger partial charge in [-0.3, -0.25) is 9.09 Å². The van der Waals surface area contributed by atoms with Crippen LogP contribution in [0.2, 0.25) is 0 Å². The largest absolute Gasteiger partial charge is 0.490 e. The van der Waals surface area contributed by atoms with Crippen LogP contribution in [0, 0.1) is 0 Å². The molecule has 0 spiro atoms. The van der Waals surface area contributed by atoms with Gasteiger partial charge in [0.25, 0.3) is 0 Å². The summed E-state index contributed by atoms with van der Waals surface area (Å²) in [6.45, 7) is -1.11. The summed E-state index contributed by atoms with van der Waals surface area (Å²) in [6, 6.07) is 2.80. The Kier molecular flexibility index (Phi) is 9.85. The molecule has 1 aliphatic heterocycles. The van der Waals surface area contributed by atoms with E-state index in [-0.39, 0.29) is 23.7 Å². The first-order valence-electron chi connectivity index (χ1n) is 10.2. The molecule has 3 unspecified atom stereocenters. The molecule has 0 saturated carbocycles. The van der Waals surface area contributed by atoms with Gasteiger partial charge in [0, 0.05) is 17.5 Å². The zero-order valence-electron chi connectivity index (χ0n) is 19.1. The van der Waals surface area contributed by atoms with Crippen LogP contribution in [0.3, 0.4) is 0 Å². The molecule has 3 heterocycles. The Morgan fingerprint density at radius 1 is 1.26 bits per heavy atom. The number of azide groups is 1. The van der Waals surface area contributed by atoms with E-state index < -0.39 is 60.2 Å². The Labute approximate surface area is 221 Å². The second kappa shape index (κ2) is 12.4. The van der Waals surface area contributed by atoms with Crippen LogP contribution < -0.4 is 11.4 Å². The van der Waals surface area contributed by atoms with Gasteiger partial charge in [-0.1, -0.05) is 5.11 Å². The smallest absolute Gasteiger partial charge is 0.455 e. The summed E-state index contributed by atoms with van der Waals surface area (Å²) in [7, 11) is -16.9. The Balaban J connectivity index is 1.79. The van der Waals surface area contributed by atoms with Gasteiger partial charge < -0.3 is 34.8 Å². The summed E-state index contributed by atoms with van der Waals surface area (Å²) in [4.78, 5) is 67.7. The minimum absolute atomic E-state index is 0.0730. The molecule has 2 aromatic rings. The lowest BCUT2D eigenvalue weighted by atomic mass is 10.2. The number of phosphoric ester groups is 1. The Hall–Kier alpha value is -2.47. The number of hydrogen-bond acceptors (Lipinski definition) is 14. The summed E-state index contributed by atoms with van der Waals surface area (Å²) >= 11 is 0.972. The van der Waals surface area contributed by atoms with Gasteiger partial charge in [-0.25, -0.2) is 23.3 Å². The Morgan fingerprint density at radius 2 is 1.97 bits per heavy atom. The average Bonchev–Trinajstić information content (AvgIpc) is 3.40. The number of carbonyl (C=O) groups excluding carboxylic acids is 1. The number of phosphoric acid groups is 3. The molecule has 39 heavy (non-hydrogen) atoms. The lowest BCUT2D eigenvalue weighted by Crippen LogP contribution is -2.31. The lowest BCUT2D eigenvalue weighted by molar-refractivity contribution is -0.0510. The van der Waals surface area contributed by atoms with Crippen molar-refractivity contribution < 1.29 is 60.7 Å². The van der Waals surface area contributed by atoms with Crippen molar-refractivity contribution in [2.75, 3.05) is 12.3 Å². The van der Waals surface area contributed by atoms with E-state index in [2.05, 4.69) is 28.2 Å². The topological polar surface area (TPSA) is 305 Å². The second-order valence-corrected chi connectivity index (χ2v) is 12.7. The van der Waals surface area contributed by atoms with Crippen LogP contribution in [0.5, 0.6) is 0 Å². The van der Waals surface area contributed by atoms with Crippen LogP contribution in [0.25, 0.3) is 10.4 Å². The molecule has 6 N–H and O–H groups in total. The molecule has 0 aromatic carbocycles. The van der Waals surface area contributed by atoms with Gasteiger partial charge in [-0.2, -0.15) is 13.6 Å². The third-order valence-corrected chi connectivity index (χ3v) is 9.39. The van der Waals surface area contributed by atoms with E-state index in [1.807, 2.05) is 0 Å².